The van der Waals surface area contributed by atoms with Crippen LogP contribution in [0.1, 0.15) is 36.7 Å². The van der Waals surface area contributed by atoms with Crippen LogP contribution in [0, 0.1) is 5.82 Å². The minimum Gasteiger partial charge on any atom is -0.478 e. The minimum absolute atomic E-state index is 0.0545. The number of nitrogens with zero attached hydrogens (tertiary/aromatic N) is 1. The number of alkyl carbamates (subject to hydrolysis) is 1. The Hall–Kier alpha value is -3.62. The molecule has 2 N–H and O–H groups in total. The second-order valence-corrected chi connectivity index (χ2v) is 7.56. The van der Waals surface area contributed by atoms with Gasteiger partial charge in [0.1, 0.15) is 18.0 Å². The molecule has 2 aromatic rings. The molecule has 0 aliphatic carbocycles. The van der Waals surface area contributed by atoms with Gasteiger partial charge < -0.3 is 19.9 Å². The van der Waals surface area contributed by atoms with Gasteiger partial charge in [0, 0.05) is 13.1 Å². The van der Waals surface area contributed by atoms with E-state index in [9.17, 15) is 23.9 Å². The number of amides is 2. The van der Waals surface area contributed by atoms with Crippen molar-refractivity contribution in [3.8, 4) is 0 Å². The first kappa shape index (κ1) is 23.7. The Labute approximate surface area is 179 Å². The number of nitrogens with one attached hydrogen (secondary N) is 1. The highest BCUT2D eigenvalue weighted by molar-refractivity contribution is 6.00. The number of rotatable bonds is 7. The van der Waals surface area contributed by atoms with E-state index in [1.165, 1.54) is 12.1 Å². The van der Waals surface area contributed by atoms with E-state index in [1.807, 2.05) is 18.2 Å². The molecular formula is C22H25FN2O6. The summed E-state index contributed by atoms with van der Waals surface area (Å²) in [5, 5.41) is 11.9. The van der Waals surface area contributed by atoms with Crippen molar-refractivity contribution in [3.63, 3.8) is 0 Å². The number of aromatic carboxylic acids is 1. The summed E-state index contributed by atoms with van der Waals surface area (Å²) in [4.78, 5) is 37.0. The number of hydrogen-bond donors (Lipinski definition) is 2. The van der Waals surface area contributed by atoms with Gasteiger partial charge in [0.15, 0.2) is 0 Å². The number of carboxylic acid groups (broad SMARTS) is 1. The number of ether oxygens (including phenoxy) is 2. The number of carbonyl (C=O) groups excluding carboxylic acids is 2. The highest BCUT2D eigenvalue weighted by Gasteiger charge is 2.29. The molecule has 2 amide bonds. The lowest BCUT2D eigenvalue weighted by atomic mass is 10.1. The van der Waals surface area contributed by atoms with E-state index in [1.54, 1.807) is 32.9 Å². The summed E-state index contributed by atoms with van der Waals surface area (Å²) in [6.45, 7) is 4.57. The number of anilines is 1. The number of carboxylic acids is 1. The fraction of sp³-hybridized carbons (Fsp3) is 0.318. The third-order valence-electron chi connectivity index (χ3n) is 3.92. The van der Waals surface area contributed by atoms with Crippen LogP contribution in [0.15, 0.2) is 48.5 Å². The third kappa shape index (κ3) is 7.29. The molecule has 0 fully saturated rings. The Morgan fingerprint density at radius 1 is 1.06 bits per heavy atom. The Morgan fingerprint density at radius 2 is 1.74 bits per heavy atom. The molecule has 8 nitrogen and oxygen atoms in total. The second kappa shape index (κ2) is 10.4. The van der Waals surface area contributed by atoms with Crippen molar-refractivity contribution >= 4 is 23.8 Å². The van der Waals surface area contributed by atoms with Crippen molar-refractivity contribution in [2.24, 2.45) is 0 Å². The molecule has 0 atom stereocenters. The van der Waals surface area contributed by atoms with Crippen LogP contribution in [0.3, 0.4) is 0 Å². The molecule has 166 valence electrons. The molecule has 0 radical (unpaired) electrons. The van der Waals surface area contributed by atoms with Gasteiger partial charge in [-0.25, -0.2) is 18.8 Å². The van der Waals surface area contributed by atoms with Crippen molar-refractivity contribution < 1.29 is 33.4 Å². The lowest BCUT2D eigenvalue weighted by Crippen LogP contribution is -2.42. The van der Waals surface area contributed by atoms with E-state index < -0.39 is 40.8 Å². The van der Waals surface area contributed by atoms with E-state index in [0.29, 0.717) is 0 Å². The summed E-state index contributed by atoms with van der Waals surface area (Å²) in [7, 11) is 0. The van der Waals surface area contributed by atoms with Crippen LogP contribution in [0.5, 0.6) is 0 Å². The van der Waals surface area contributed by atoms with Crippen molar-refractivity contribution in [3.05, 3.63) is 65.5 Å². The highest BCUT2D eigenvalue weighted by atomic mass is 19.1. The predicted molar refractivity (Wildman–Crippen MR) is 112 cm³/mol. The SMILES string of the molecule is CC(C)(C)OC(=O)N(CCNC(=O)OCc1ccccc1)c1c(F)cccc1C(=O)O. The minimum atomic E-state index is -1.40. The molecule has 0 bridgehead atoms. The molecule has 0 saturated heterocycles. The maximum atomic E-state index is 14.5. The van der Waals surface area contributed by atoms with Gasteiger partial charge in [-0.1, -0.05) is 36.4 Å². The first-order valence-electron chi connectivity index (χ1n) is 9.55. The molecule has 2 rings (SSSR count). The van der Waals surface area contributed by atoms with Gasteiger partial charge in [0.05, 0.1) is 11.3 Å². The zero-order valence-corrected chi connectivity index (χ0v) is 17.6. The molecule has 2 aromatic carbocycles. The quantitative estimate of drug-likeness (QED) is 0.680. The van der Waals surface area contributed by atoms with Crippen LogP contribution in [-0.2, 0) is 16.1 Å². The first-order chi connectivity index (χ1) is 14.6. The smallest absolute Gasteiger partial charge is 0.414 e. The molecule has 9 heteroatoms. The monoisotopic (exact) mass is 432 g/mol. The maximum Gasteiger partial charge on any atom is 0.414 e. The third-order valence-corrected chi connectivity index (χ3v) is 3.92. The molecule has 0 aromatic heterocycles. The summed E-state index contributed by atoms with van der Waals surface area (Å²) in [5.41, 5.74) is -0.946. The Balaban J connectivity index is 2.11. The first-order valence-corrected chi connectivity index (χ1v) is 9.55. The normalized spacial score (nSPS) is 10.8. The molecule has 31 heavy (non-hydrogen) atoms. The molecule has 0 saturated carbocycles. The Kier molecular flexibility index (Phi) is 7.95. The van der Waals surface area contributed by atoms with Gasteiger partial charge in [-0.2, -0.15) is 0 Å². The summed E-state index contributed by atoms with van der Waals surface area (Å²) >= 11 is 0. The van der Waals surface area contributed by atoms with Crippen LogP contribution in [0.4, 0.5) is 19.7 Å². The van der Waals surface area contributed by atoms with Gasteiger partial charge in [-0.15, -0.1) is 0 Å². The van der Waals surface area contributed by atoms with E-state index >= 15 is 0 Å². The van der Waals surface area contributed by atoms with Gasteiger partial charge in [-0.05, 0) is 38.5 Å². The molecule has 0 unspecified atom stereocenters. The number of benzene rings is 2. The van der Waals surface area contributed by atoms with Gasteiger partial charge in [-0.3, -0.25) is 4.90 Å². The number of hydrogen-bond acceptors (Lipinski definition) is 5. The molecule has 0 aliphatic rings. The largest absolute Gasteiger partial charge is 0.478 e. The predicted octanol–water partition coefficient (Wildman–Crippen LogP) is 4.19. The molecule has 0 aliphatic heterocycles. The van der Waals surface area contributed by atoms with Crippen molar-refractivity contribution in [2.75, 3.05) is 18.0 Å². The molecular weight excluding hydrogens is 407 g/mol. The number of carbonyl (C=O) groups is 3. The lowest BCUT2D eigenvalue weighted by Gasteiger charge is -2.28. The zero-order chi connectivity index (χ0) is 23.0. The van der Waals surface area contributed by atoms with Crippen LogP contribution in [0.2, 0.25) is 0 Å². The Bertz CT molecular complexity index is 927. The maximum absolute atomic E-state index is 14.5. The van der Waals surface area contributed by atoms with E-state index in [-0.39, 0.29) is 19.7 Å². The fourth-order valence-corrected chi connectivity index (χ4v) is 2.62. The molecule has 0 spiro atoms. The second-order valence-electron chi connectivity index (χ2n) is 7.56. The average molecular weight is 432 g/mol. The van der Waals surface area contributed by atoms with Crippen molar-refractivity contribution in [1.82, 2.24) is 5.32 Å². The summed E-state index contributed by atoms with van der Waals surface area (Å²) < 4.78 is 24.9. The summed E-state index contributed by atoms with van der Waals surface area (Å²) in [6.07, 6.45) is -1.68. The highest BCUT2D eigenvalue weighted by Crippen LogP contribution is 2.26. The molecule has 0 heterocycles. The topological polar surface area (TPSA) is 105 Å². The van der Waals surface area contributed by atoms with Gasteiger partial charge >= 0.3 is 18.2 Å². The fourth-order valence-electron chi connectivity index (χ4n) is 2.62. The van der Waals surface area contributed by atoms with Crippen LogP contribution >= 0.6 is 0 Å². The van der Waals surface area contributed by atoms with Crippen LogP contribution in [-0.4, -0.2) is 42.0 Å². The number of para-hydroxylation sites is 1. The standard InChI is InChI=1S/C22H25FN2O6/c1-22(2,3)31-21(29)25(18-16(19(26)27)10-7-11-17(18)23)13-12-24-20(28)30-14-15-8-5-4-6-9-15/h4-11H,12-14H2,1-3H3,(H,24,28)(H,26,27). The van der Waals surface area contributed by atoms with Gasteiger partial charge in [0.2, 0.25) is 0 Å². The van der Waals surface area contributed by atoms with Crippen LogP contribution in [0.25, 0.3) is 0 Å². The van der Waals surface area contributed by atoms with Crippen molar-refractivity contribution in [2.45, 2.75) is 33.0 Å². The van der Waals surface area contributed by atoms with E-state index in [0.717, 1.165) is 16.5 Å². The lowest BCUT2D eigenvalue weighted by molar-refractivity contribution is 0.0578. The summed E-state index contributed by atoms with van der Waals surface area (Å²) in [6, 6.07) is 12.5. The van der Waals surface area contributed by atoms with Crippen LogP contribution < -0.4 is 10.2 Å². The number of halogens is 1. The van der Waals surface area contributed by atoms with Crippen molar-refractivity contribution in [1.29, 1.82) is 0 Å². The Morgan fingerprint density at radius 3 is 2.35 bits per heavy atom. The average Bonchev–Trinajstić information content (AvgIpc) is 2.69. The summed E-state index contributed by atoms with van der Waals surface area (Å²) in [5.74, 6) is -2.31. The zero-order valence-electron chi connectivity index (χ0n) is 17.6. The van der Waals surface area contributed by atoms with Gasteiger partial charge in [0.25, 0.3) is 0 Å². The van der Waals surface area contributed by atoms with E-state index in [4.69, 9.17) is 9.47 Å². The van der Waals surface area contributed by atoms with E-state index in [2.05, 4.69) is 5.32 Å².